The maximum absolute atomic E-state index is 12.3. The van der Waals surface area contributed by atoms with Crippen molar-refractivity contribution in [2.24, 2.45) is 0 Å². The predicted molar refractivity (Wildman–Crippen MR) is 75.6 cm³/mol. The highest BCUT2D eigenvalue weighted by Crippen LogP contribution is 2.20. The van der Waals surface area contributed by atoms with Crippen LogP contribution in [0.2, 0.25) is 0 Å². The minimum atomic E-state index is -0.427. The third kappa shape index (κ3) is 3.09. The van der Waals surface area contributed by atoms with E-state index >= 15 is 0 Å². The summed E-state index contributed by atoms with van der Waals surface area (Å²) in [6.07, 6.45) is 0. The molecule has 0 saturated heterocycles. The minimum Gasteiger partial charge on any atom is -0.289 e. The fourth-order valence-electron chi connectivity index (χ4n) is 1.84. The van der Waals surface area contributed by atoms with Crippen molar-refractivity contribution >= 4 is 22.6 Å². The molecule has 1 unspecified atom stereocenters. The molecule has 0 fully saturated rings. The summed E-state index contributed by atoms with van der Waals surface area (Å²) in [5.41, 5.74) is 1.94. The summed E-state index contributed by atoms with van der Waals surface area (Å²) < 4.78 is 0. The van der Waals surface area contributed by atoms with Crippen LogP contribution in [0.25, 0.3) is 0 Å². The van der Waals surface area contributed by atoms with Crippen LogP contribution in [0.15, 0.2) is 54.6 Å². The standard InChI is InChI=1S/C16H13ClO2/c1-11(16(17)19)13-8-5-9-14(10-13)15(18)12-6-3-2-4-7-12/h2-11H,1H3. The van der Waals surface area contributed by atoms with Gasteiger partial charge < -0.3 is 0 Å². The Balaban J connectivity index is 2.34. The topological polar surface area (TPSA) is 34.1 Å². The van der Waals surface area contributed by atoms with Gasteiger partial charge in [-0.15, -0.1) is 0 Å². The smallest absolute Gasteiger partial charge is 0.228 e. The molecule has 3 heteroatoms. The molecule has 0 bridgehead atoms. The van der Waals surface area contributed by atoms with E-state index in [1.54, 1.807) is 43.3 Å². The van der Waals surface area contributed by atoms with Crippen molar-refractivity contribution in [3.05, 3.63) is 71.3 Å². The average molecular weight is 273 g/mol. The van der Waals surface area contributed by atoms with Gasteiger partial charge in [-0.1, -0.05) is 55.5 Å². The van der Waals surface area contributed by atoms with Gasteiger partial charge in [0.2, 0.25) is 5.24 Å². The second kappa shape index (κ2) is 5.81. The van der Waals surface area contributed by atoms with E-state index in [1.165, 1.54) is 0 Å². The fraction of sp³-hybridized carbons (Fsp3) is 0.125. The number of carbonyl (C=O) groups excluding carboxylic acids is 2. The Morgan fingerprint density at radius 1 is 0.947 bits per heavy atom. The highest BCUT2D eigenvalue weighted by Gasteiger charge is 2.15. The number of benzene rings is 2. The first-order valence-electron chi connectivity index (χ1n) is 5.98. The Kier molecular flexibility index (Phi) is 4.13. The Morgan fingerprint density at radius 2 is 1.58 bits per heavy atom. The third-order valence-electron chi connectivity index (χ3n) is 3.03. The van der Waals surface area contributed by atoms with Crippen molar-refractivity contribution in [1.82, 2.24) is 0 Å². The molecule has 0 N–H and O–H groups in total. The molecule has 0 heterocycles. The Morgan fingerprint density at radius 3 is 2.21 bits per heavy atom. The van der Waals surface area contributed by atoms with Gasteiger partial charge in [0, 0.05) is 11.1 Å². The summed E-state index contributed by atoms with van der Waals surface area (Å²) in [5.74, 6) is -0.470. The van der Waals surface area contributed by atoms with Gasteiger partial charge in [0.25, 0.3) is 0 Å². The van der Waals surface area contributed by atoms with Crippen LogP contribution in [0.1, 0.15) is 34.3 Å². The molecule has 1 atom stereocenters. The third-order valence-corrected chi connectivity index (χ3v) is 3.35. The molecule has 0 aliphatic rings. The second-order valence-electron chi connectivity index (χ2n) is 4.35. The number of halogens is 1. The van der Waals surface area contributed by atoms with Crippen LogP contribution >= 0.6 is 11.6 Å². The van der Waals surface area contributed by atoms with Gasteiger partial charge in [0.15, 0.2) is 5.78 Å². The molecule has 0 spiro atoms. The van der Waals surface area contributed by atoms with Gasteiger partial charge >= 0.3 is 0 Å². The van der Waals surface area contributed by atoms with Crippen molar-refractivity contribution in [3.8, 4) is 0 Å². The number of rotatable bonds is 4. The van der Waals surface area contributed by atoms with E-state index in [1.807, 2.05) is 18.2 Å². The van der Waals surface area contributed by atoms with Crippen LogP contribution in [-0.2, 0) is 4.79 Å². The summed E-state index contributed by atoms with van der Waals surface area (Å²) in [6.45, 7) is 1.72. The van der Waals surface area contributed by atoms with Crippen LogP contribution < -0.4 is 0 Å². The molecule has 0 aliphatic carbocycles. The maximum atomic E-state index is 12.3. The van der Waals surface area contributed by atoms with Crippen molar-refractivity contribution in [2.75, 3.05) is 0 Å². The summed E-state index contributed by atoms with van der Waals surface area (Å²) >= 11 is 5.49. The highest BCUT2D eigenvalue weighted by atomic mass is 35.5. The van der Waals surface area contributed by atoms with Crippen LogP contribution in [-0.4, -0.2) is 11.0 Å². The van der Waals surface area contributed by atoms with Crippen molar-refractivity contribution in [2.45, 2.75) is 12.8 Å². The molecule has 0 aromatic heterocycles. The summed E-state index contributed by atoms with van der Waals surface area (Å²) in [4.78, 5) is 23.4. The number of hydrogen-bond acceptors (Lipinski definition) is 2. The highest BCUT2D eigenvalue weighted by molar-refractivity contribution is 6.64. The number of carbonyl (C=O) groups is 2. The van der Waals surface area contributed by atoms with Crippen LogP contribution in [0.4, 0.5) is 0 Å². The van der Waals surface area contributed by atoms with E-state index in [9.17, 15) is 9.59 Å². The Hall–Kier alpha value is -1.93. The first-order chi connectivity index (χ1) is 9.09. The average Bonchev–Trinajstić information content (AvgIpc) is 2.46. The van der Waals surface area contributed by atoms with Gasteiger partial charge in [0.05, 0.1) is 5.92 Å². The van der Waals surface area contributed by atoms with E-state index in [0.29, 0.717) is 11.1 Å². The van der Waals surface area contributed by atoms with Crippen molar-refractivity contribution in [1.29, 1.82) is 0 Å². The number of ketones is 1. The van der Waals surface area contributed by atoms with E-state index < -0.39 is 11.2 Å². The Bertz CT molecular complexity index is 605. The lowest BCUT2D eigenvalue weighted by molar-refractivity contribution is -0.112. The largest absolute Gasteiger partial charge is 0.289 e. The SMILES string of the molecule is CC(C(=O)Cl)c1cccc(C(=O)c2ccccc2)c1. The van der Waals surface area contributed by atoms with Crippen molar-refractivity contribution in [3.63, 3.8) is 0 Å². The van der Waals surface area contributed by atoms with Crippen LogP contribution in [0.5, 0.6) is 0 Å². The minimum absolute atomic E-state index is 0.0586. The van der Waals surface area contributed by atoms with E-state index in [0.717, 1.165) is 5.56 Å². The van der Waals surface area contributed by atoms with E-state index in [-0.39, 0.29) is 5.78 Å². The lowest BCUT2D eigenvalue weighted by Gasteiger charge is -2.08. The molecule has 96 valence electrons. The molecule has 2 nitrogen and oxygen atoms in total. The first-order valence-corrected chi connectivity index (χ1v) is 6.36. The molecule has 2 aromatic rings. The van der Waals surface area contributed by atoms with Gasteiger partial charge in [0.1, 0.15) is 0 Å². The quantitative estimate of drug-likeness (QED) is 0.627. The molecular formula is C16H13ClO2. The Labute approximate surface area is 117 Å². The fourth-order valence-corrected chi connectivity index (χ4v) is 1.96. The zero-order chi connectivity index (χ0) is 13.8. The zero-order valence-electron chi connectivity index (χ0n) is 10.5. The lowest BCUT2D eigenvalue weighted by atomic mass is 9.96. The summed E-state index contributed by atoms with van der Waals surface area (Å²) in [7, 11) is 0. The van der Waals surface area contributed by atoms with E-state index in [2.05, 4.69) is 0 Å². The normalized spacial score (nSPS) is 11.9. The molecule has 0 radical (unpaired) electrons. The lowest BCUT2D eigenvalue weighted by Crippen LogP contribution is -2.05. The molecule has 2 rings (SSSR count). The number of hydrogen-bond donors (Lipinski definition) is 0. The second-order valence-corrected chi connectivity index (χ2v) is 4.72. The molecule has 19 heavy (non-hydrogen) atoms. The predicted octanol–water partition coefficient (Wildman–Crippen LogP) is 3.79. The van der Waals surface area contributed by atoms with Gasteiger partial charge in [-0.25, -0.2) is 0 Å². The van der Waals surface area contributed by atoms with E-state index in [4.69, 9.17) is 11.6 Å². The monoisotopic (exact) mass is 272 g/mol. The van der Waals surface area contributed by atoms with Crippen molar-refractivity contribution < 1.29 is 9.59 Å². The molecule has 2 aromatic carbocycles. The van der Waals surface area contributed by atoms with Gasteiger partial charge in [-0.2, -0.15) is 0 Å². The zero-order valence-corrected chi connectivity index (χ0v) is 11.2. The van der Waals surface area contributed by atoms with Crippen LogP contribution in [0.3, 0.4) is 0 Å². The van der Waals surface area contributed by atoms with Gasteiger partial charge in [-0.05, 0) is 23.2 Å². The molecule has 0 aliphatic heterocycles. The summed E-state index contributed by atoms with van der Waals surface area (Å²) in [6, 6.07) is 16.1. The van der Waals surface area contributed by atoms with Crippen LogP contribution in [0, 0.1) is 0 Å². The first kappa shape index (κ1) is 13.5. The molecule has 0 amide bonds. The maximum Gasteiger partial charge on any atom is 0.228 e. The summed E-state index contributed by atoms with van der Waals surface area (Å²) in [5, 5.41) is -0.427. The molecular weight excluding hydrogens is 260 g/mol. The van der Waals surface area contributed by atoms with Gasteiger partial charge in [-0.3, -0.25) is 9.59 Å². The molecule has 0 saturated carbocycles.